The van der Waals surface area contributed by atoms with Crippen LogP contribution in [0.1, 0.15) is 31.9 Å². The molecule has 136 valence electrons. The second-order valence-corrected chi connectivity index (χ2v) is 6.87. The number of hydrogen-bond acceptors (Lipinski definition) is 3. The normalized spacial score (nSPS) is 11.2. The Morgan fingerprint density at radius 2 is 1.68 bits per heavy atom. The topological polar surface area (TPSA) is 24.5 Å². The third kappa shape index (κ3) is 7.72. The number of rotatable bonds is 11. The fourth-order valence-corrected chi connectivity index (χ4v) is 2.69. The number of hydrogen-bond donors (Lipinski definition) is 1. The predicted molar refractivity (Wildman–Crippen MR) is 106 cm³/mol. The van der Waals surface area contributed by atoms with Crippen LogP contribution in [0.4, 0.5) is 0 Å². The number of nitrogens with zero attached hydrogens (tertiary/aromatic N) is 1. The third-order valence-electron chi connectivity index (χ3n) is 4.18. The van der Waals surface area contributed by atoms with Gasteiger partial charge in [-0.1, -0.05) is 63.2 Å². The van der Waals surface area contributed by atoms with Gasteiger partial charge < -0.3 is 10.1 Å². The van der Waals surface area contributed by atoms with Gasteiger partial charge in [0.1, 0.15) is 12.4 Å². The second-order valence-electron chi connectivity index (χ2n) is 6.87. The van der Waals surface area contributed by atoms with E-state index in [2.05, 4.69) is 85.6 Å². The molecule has 0 saturated heterocycles. The summed E-state index contributed by atoms with van der Waals surface area (Å²) in [5, 5.41) is 3.46. The van der Waals surface area contributed by atoms with Crippen LogP contribution in [0.5, 0.6) is 5.75 Å². The first-order valence-corrected chi connectivity index (χ1v) is 9.36. The van der Waals surface area contributed by atoms with Crippen molar-refractivity contribution in [1.29, 1.82) is 0 Å². The molecule has 3 nitrogen and oxygen atoms in total. The molecule has 2 rings (SSSR count). The van der Waals surface area contributed by atoms with Crippen LogP contribution in [-0.2, 0) is 13.1 Å². The molecule has 0 radical (unpaired) electrons. The molecule has 0 heterocycles. The van der Waals surface area contributed by atoms with Crippen molar-refractivity contribution in [2.24, 2.45) is 5.92 Å². The molecule has 0 unspecified atom stereocenters. The molecule has 0 atom stereocenters. The van der Waals surface area contributed by atoms with Gasteiger partial charge in [-0.05, 0) is 42.3 Å². The molecule has 0 aliphatic carbocycles. The van der Waals surface area contributed by atoms with E-state index in [9.17, 15) is 0 Å². The van der Waals surface area contributed by atoms with Gasteiger partial charge in [-0.2, -0.15) is 0 Å². The predicted octanol–water partition coefficient (Wildman–Crippen LogP) is 4.33. The van der Waals surface area contributed by atoms with Gasteiger partial charge in [-0.25, -0.2) is 0 Å². The summed E-state index contributed by atoms with van der Waals surface area (Å²) in [5.41, 5.74) is 2.65. The summed E-state index contributed by atoms with van der Waals surface area (Å²) in [6.07, 6.45) is 0. The Morgan fingerprint density at radius 1 is 0.960 bits per heavy atom. The first kappa shape index (κ1) is 19.5. The average molecular weight is 341 g/mol. The lowest BCUT2D eigenvalue weighted by Gasteiger charge is -2.20. The largest absolute Gasteiger partial charge is 0.492 e. The monoisotopic (exact) mass is 340 g/mol. The quantitative estimate of drug-likeness (QED) is 0.659. The smallest absolute Gasteiger partial charge is 0.119 e. The first-order valence-electron chi connectivity index (χ1n) is 9.36. The van der Waals surface area contributed by atoms with Crippen LogP contribution in [-0.4, -0.2) is 31.1 Å². The van der Waals surface area contributed by atoms with Crippen molar-refractivity contribution in [3.63, 3.8) is 0 Å². The highest BCUT2D eigenvalue weighted by Gasteiger charge is 2.04. The summed E-state index contributed by atoms with van der Waals surface area (Å²) in [7, 11) is 0. The maximum Gasteiger partial charge on any atom is 0.119 e. The van der Waals surface area contributed by atoms with Crippen molar-refractivity contribution in [3.8, 4) is 5.75 Å². The Morgan fingerprint density at radius 3 is 2.32 bits per heavy atom. The molecule has 0 amide bonds. The standard InChI is InChI=1S/C22H32N2O/c1-4-24(18-21-8-6-5-7-9-21)14-15-25-22-12-10-20(11-13-22)17-23-16-19(2)3/h5-13,19,23H,4,14-18H2,1-3H3. The Hall–Kier alpha value is -1.84. The van der Waals surface area contributed by atoms with Gasteiger partial charge in [-0.3, -0.25) is 4.90 Å². The van der Waals surface area contributed by atoms with E-state index >= 15 is 0 Å². The molecular weight excluding hydrogens is 308 g/mol. The first-order chi connectivity index (χ1) is 12.2. The lowest BCUT2D eigenvalue weighted by molar-refractivity contribution is 0.210. The maximum atomic E-state index is 5.91. The van der Waals surface area contributed by atoms with Crippen LogP contribution < -0.4 is 10.1 Å². The molecule has 1 N–H and O–H groups in total. The number of likely N-dealkylation sites (N-methyl/N-ethyl adjacent to an activating group) is 1. The van der Waals surface area contributed by atoms with Crippen molar-refractivity contribution in [2.75, 3.05) is 26.2 Å². The summed E-state index contributed by atoms with van der Waals surface area (Å²) >= 11 is 0. The Bertz CT molecular complexity index is 581. The molecule has 25 heavy (non-hydrogen) atoms. The SMILES string of the molecule is CCN(CCOc1ccc(CNCC(C)C)cc1)Cc1ccccc1. The Labute approximate surface area is 153 Å². The summed E-state index contributed by atoms with van der Waals surface area (Å²) in [6.45, 7) is 12.3. The van der Waals surface area contributed by atoms with E-state index < -0.39 is 0 Å². The molecule has 2 aromatic rings. The van der Waals surface area contributed by atoms with Crippen molar-refractivity contribution in [1.82, 2.24) is 10.2 Å². The van der Waals surface area contributed by atoms with Crippen LogP contribution >= 0.6 is 0 Å². The summed E-state index contributed by atoms with van der Waals surface area (Å²) < 4.78 is 5.91. The van der Waals surface area contributed by atoms with E-state index in [-0.39, 0.29) is 0 Å². The molecule has 0 aromatic heterocycles. The van der Waals surface area contributed by atoms with E-state index in [1.807, 2.05) is 0 Å². The zero-order valence-electron chi connectivity index (χ0n) is 15.9. The highest BCUT2D eigenvalue weighted by atomic mass is 16.5. The van der Waals surface area contributed by atoms with E-state index in [1.54, 1.807) is 0 Å². The zero-order valence-corrected chi connectivity index (χ0v) is 15.9. The van der Waals surface area contributed by atoms with Gasteiger partial charge >= 0.3 is 0 Å². The molecule has 0 fully saturated rings. The second kappa shape index (κ2) is 10.9. The minimum absolute atomic E-state index is 0.681. The molecule has 0 aliphatic heterocycles. The lowest BCUT2D eigenvalue weighted by atomic mass is 10.2. The highest BCUT2D eigenvalue weighted by molar-refractivity contribution is 5.27. The molecule has 0 saturated carbocycles. The Kier molecular flexibility index (Phi) is 8.50. The average Bonchev–Trinajstić information content (AvgIpc) is 2.63. The molecule has 0 spiro atoms. The lowest BCUT2D eigenvalue weighted by Crippen LogP contribution is -2.27. The van der Waals surface area contributed by atoms with Crippen LogP contribution in [0, 0.1) is 5.92 Å². The van der Waals surface area contributed by atoms with Gasteiger partial charge in [0.2, 0.25) is 0 Å². The summed E-state index contributed by atoms with van der Waals surface area (Å²) in [4.78, 5) is 2.40. The number of ether oxygens (including phenoxy) is 1. The Balaban J connectivity index is 1.71. The van der Waals surface area contributed by atoms with Crippen LogP contribution in [0.25, 0.3) is 0 Å². The van der Waals surface area contributed by atoms with E-state index in [1.165, 1.54) is 11.1 Å². The number of benzene rings is 2. The fourth-order valence-electron chi connectivity index (χ4n) is 2.69. The van der Waals surface area contributed by atoms with Gasteiger partial charge in [-0.15, -0.1) is 0 Å². The highest BCUT2D eigenvalue weighted by Crippen LogP contribution is 2.12. The van der Waals surface area contributed by atoms with Crippen molar-refractivity contribution in [3.05, 3.63) is 65.7 Å². The fraction of sp³-hybridized carbons (Fsp3) is 0.455. The molecular formula is C22H32N2O. The maximum absolute atomic E-state index is 5.91. The zero-order chi connectivity index (χ0) is 17.9. The van der Waals surface area contributed by atoms with Gasteiger partial charge in [0.15, 0.2) is 0 Å². The molecule has 3 heteroatoms. The molecule has 0 bridgehead atoms. The van der Waals surface area contributed by atoms with Crippen molar-refractivity contribution >= 4 is 0 Å². The van der Waals surface area contributed by atoms with Crippen molar-refractivity contribution in [2.45, 2.75) is 33.9 Å². The summed E-state index contributed by atoms with van der Waals surface area (Å²) in [6, 6.07) is 19.0. The third-order valence-corrected chi connectivity index (χ3v) is 4.18. The van der Waals surface area contributed by atoms with E-state index in [0.29, 0.717) is 12.5 Å². The van der Waals surface area contributed by atoms with Gasteiger partial charge in [0, 0.05) is 19.6 Å². The number of nitrogens with one attached hydrogen (secondary N) is 1. The van der Waals surface area contributed by atoms with Crippen LogP contribution in [0.3, 0.4) is 0 Å². The minimum atomic E-state index is 0.681. The summed E-state index contributed by atoms with van der Waals surface area (Å²) in [5.74, 6) is 1.63. The minimum Gasteiger partial charge on any atom is -0.492 e. The van der Waals surface area contributed by atoms with Crippen molar-refractivity contribution < 1.29 is 4.74 Å². The molecule has 0 aliphatic rings. The van der Waals surface area contributed by atoms with Gasteiger partial charge in [0.05, 0.1) is 0 Å². The van der Waals surface area contributed by atoms with Crippen LogP contribution in [0.2, 0.25) is 0 Å². The van der Waals surface area contributed by atoms with E-state index in [0.717, 1.165) is 38.5 Å². The van der Waals surface area contributed by atoms with Crippen LogP contribution in [0.15, 0.2) is 54.6 Å². The van der Waals surface area contributed by atoms with Gasteiger partial charge in [0.25, 0.3) is 0 Å². The van der Waals surface area contributed by atoms with E-state index in [4.69, 9.17) is 4.74 Å². The molecule has 2 aromatic carbocycles.